The summed E-state index contributed by atoms with van der Waals surface area (Å²) in [5.41, 5.74) is 0. The summed E-state index contributed by atoms with van der Waals surface area (Å²) in [6.45, 7) is -1.43. The summed E-state index contributed by atoms with van der Waals surface area (Å²) in [5, 5.41) is 19.1. The van der Waals surface area contributed by atoms with Gasteiger partial charge in [0.2, 0.25) is 0 Å². The van der Waals surface area contributed by atoms with E-state index in [0.29, 0.717) is 0 Å². The van der Waals surface area contributed by atoms with Gasteiger partial charge in [-0.1, -0.05) is 0 Å². The van der Waals surface area contributed by atoms with Crippen molar-refractivity contribution >= 4 is 11.9 Å². The maximum absolute atomic E-state index is 9.53. The van der Waals surface area contributed by atoms with Gasteiger partial charge in [0.25, 0.3) is 0 Å². The fourth-order valence-corrected chi connectivity index (χ4v) is 0.218. The summed E-state index contributed by atoms with van der Waals surface area (Å²) < 4.78 is 4.03. The second-order valence-electron chi connectivity index (χ2n) is 1.24. The van der Waals surface area contributed by atoms with Crippen molar-refractivity contribution in [1.82, 2.24) is 0 Å². The molecule has 0 amide bonds. The summed E-state index contributed by atoms with van der Waals surface area (Å²) in [7, 11) is 0. The standard InChI is InChI=1S/C4H6O5.2Na.H2O/c5-3(6)1-9-2-4(7)8;;;/h1-2H2,(H,5,6)(H,7,8);;;1H2/q;2*+1;/p-2. The molecule has 2 N–H and O–H groups in total. The molecule has 0 aromatic rings. The fourth-order valence-electron chi connectivity index (χ4n) is 0.218. The van der Waals surface area contributed by atoms with Crippen molar-refractivity contribution in [2.24, 2.45) is 0 Å². The first-order valence-electron chi connectivity index (χ1n) is 2.10. The molecule has 0 unspecified atom stereocenters. The predicted octanol–water partition coefficient (Wildman–Crippen LogP) is -10.3. The summed E-state index contributed by atoms with van der Waals surface area (Å²) in [6.07, 6.45) is 0. The Morgan fingerprint density at radius 2 is 1.25 bits per heavy atom. The molecule has 0 radical (unpaired) electrons. The van der Waals surface area contributed by atoms with Crippen molar-refractivity contribution in [3.8, 4) is 0 Å². The molecule has 0 fully saturated rings. The van der Waals surface area contributed by atoms with Crippen LogP contribution < -0.4 is 69.3 Å². The Balaban J connectivity index is -0.000000107. The fraction of sp³-hybridized carbons (Fsp3) is 0.500. The largest absolute Gasteiger partial charge is 1.00 e. The van der Waals surface area contributed by atoms with Gasteiger partial charge in [-0.15, -0.1) is 0 Å². The Morgan fingerprint density at radius 1 is 1.00 bits per heavy atom. The van der Waals surface area contributed by atoms with Crippen LogP contribution in [0.1, 0.15) is 0 Å². The normalized spacial score (nSPS) is 6.67. The number of carboxylic acids is 2. The molecule has 0 heterocycles. The van der Waals surface area contributed by atoms with Crippen molar-refractivity contribution < 1.29 is 89.1 Å². The van der Waals surface area contributed by atoms with Crippen LogP contribution in [0, 0.1) is 0 Å². The molecule has 0 aromatic carbocycles. The Bertz CT molecular complexity index is 113. The molecular weight excluding hydrogens is 190 g/mol. The Labute approximate surface area is 113 Å². The van der Waals surface area contributed by atoms with Crippen molar-refractivity contribution in [1.29, 1.82) is 0 Å². The minimum Gasteiger partial charge on any atom is -0.548 e. The van der Waals surface area contributed by atoms with Gasteiger partial charge in [0.05, 0.1) is 25.2 Å². The second kappa shape index (κ2) is 14.4. The quantitative estimate of drug-likeness (QED) is 0.413. The molecular formula is C4H6Na2O6. The van der Waals surface area contributed by atoms with Gasteiger partial charge in [0, 0.05) is 0 Å². The van der Waals surface area contributed by atoms with E-state index in [9.17, 15) is 19.8 Å². The van der Waals surface area contributed by atoms with E-state index in [1.165, 1.54) is 0 Å². The predicted molar refractivity (Wildman–Crippen MR) is 24.4 cm³/mol. The van der Waals surface area contributed by atoms with E-state index in [2.05, 4.69) is 4.74 Å². The smallest absolute Gasteiger partial charge is 0.548 e. The van der Waals surface area contributed by atoms with Crippen LogP contribution in [0.4, 0.5) is 0 Å². The molecule has 6 nitrogen and oxygen atoms in total. The van der Waals surface area contributed by atoms with Crippen LogP contribution in [-0.2, 0) is 14.3 Å². The van der Waals surface area contributed by atoms with Crippen molar-refractivity contribution in [3.05, 3.63) is 0 Å². The van der Waals surface area contributed by atoms with Crippen LogP contribution in [0.15, 0.2) is 0 Å². The molecule has 0 aliphatic rings. The third kappa shape index (κ3) is 22.4. The van der Waals surface area contributed by atoms with Gasteiger partial charge in [0.15, 0.2) is 0 Å². The summed E-state index contributed by atoms with van der Waals surface area (Å²) in [5.74, 6) is -2.90. The number of ether oxygens (including phenoxy) is 1. The zero-order valence-electron chi connectivity index (χ0n) is 6.96. The SMILES string of the molecule is O.O=C([O-])COCC(=O)[O-].[Na+].[Na+]. The zero-order valence-corrected chi connectivity index (χ0v) is 11.0. The number of hydrogen-bond acceptors (Lipinski definition) is 5. The van der Waals surface area contributed by atoms with Crippen LogP contribution in [0.3, 0.4) is 0 Å². The van der Waals surface area contributed by atoms with Gasteiger partial charge >= 0.3 is 59.1 Å². The monoisotopic (exact) mass is 196 g/mol. The van der Waals surface area contributed by atoms with Gasteiger partial charge in [-0.2, -0.15) is 0 Å². The first kappa shape index (κ1) is 23.0. The topological polar surface area (TPSA) is 121 Å². The van der Waals surface area contributed by atoms with Crippen LogP contribution in [-0.4, -0.2) is 30.6 Å². The Hall–Kier alpha value is 0.860. The number of aliphatic carboxylic acids is 2. The molecule has 8 heteroatoms. The van der Waals surface area contributed by atoms with Crippen molar-refractivity contribution in [2.45, 2.75) is 0 Å². The van der Waals surface area contributed by atoms with Gasteiger partial charge in [-0.25, -0.2) is 0 Å². The maximum Gasteiger partial charge on any atom is 1.00 e. The van der Waals surface area contributed by atoms with Crippen molar-refractivity contribution in [3.63, 3.8) is 0 Å². The summed E-state index contributed by atoms with van der Waals surface area (Å²) >= 11 is 0. The number of carbonyl (C=O) groups excluding carboxylic acids is 2. The molecule has 0 saturated carbocycles. The average Bonchev–Trinajstić information content (AvgIpc) is 1.63. The summed E-state index contributed by atoms with van der Waals surface area (Å²) in [6, 6.07) is 0. The third-order valence-corrected chi connectivity index (χ3v) is 0.440. The van der Waals surface area contributed by atoms with E-state index in [1.807, 2.05) is 0 Å². The molecule has 0 spiro atoms. The van der Waals surface area contributed by atoms with E-state index in [0.717, 1.165) is 0 Å². The molecule has 0 aromatic heterocycles. The number of carbonyl (C=O) groups is 2. The number of carboxylic acid groups (broad SMARTS) is 2. The molecule has 0 aliphatic heterocycles. The number of rotatable bonds is 4. The van der Waals surface area contributed by atoms with E-state index in [4.69, 9.17) is 0 Å². The number of hydrogen-bond donors (Lipinski definition) is 0. The second-order valence-corrected chi connectivity index (χ2v) is 1.24. The van der Waals surface area contributed by atoms with Gasteiger partial charge in [0.1, 0.15) is 0 Å². The summed E-state index contributed by atoms with van der Waals surface area (Å²) in [4.78, 5) is 19.1. The molecule has 0 bridgehead atoms. The van der Waals surface area contributed by atoms with Gasteiger partial charge in [-0.3, -0.25) is 0 Å². The van der Waals surface area contributed by atoms with Crippen LogP contribution in [0.25, 0.3) is 0 Å². The van der Waals surface area contributed by atoms with E-state index >= 15 is 0 Å². The van der Waals surface area contributed by atoms with Crippen LogP contribution >= 0.6 is 0 Å². The first-order chi connectivity index (χ1) is 4.13. The van der Waals surface area contributed by atoms with E-state index < -0.39 is 25.2 Å². The molecule has 12 heavy (non-hydrogen) atoms. The van der Waals surface area contributed by atoms with E-state index in [-0.39, 0.29) is 64.6 Å². The third-order valence-electron chi connectivity index (χ3n) is 0.440. The molecule has 0 aliphatic carbocycles. The van der Waals surface area contributed by atoms with E-state index in [1.54, 1.807) is 0 Å². The first-order valence-corrected chi connectivity index (χ1v) is 2.10. The van der Waals surface area contributed by atoms with Gasteiger partial charge < -0.3 is 30.0 Å². The molecule has 0 saturated heterocycles. The van der Waals surface area contributed by atoms with Crippen LogP contribution in [0.2, 0.25) is 0 Å². The molecule has 0 rings (SSSR count). The molecule has 60 valence electrons. The van der Waals surface area contributed by atoms with Gasteiger partial charge in [-0.05, 0) is 0 Å². The zero-order chi connectivity index (χ0) is 7.28. The average molecular weight is 196 g/mol. The molecule has 0 atom stereocenters. The minimum absolute atomic E-state index is 0. The van der Waals surface area contributed by atoms with Crippen molar-refractivity contribution in [2.75, 3.05) is 13.2 Å². The minimum atomic E-state index is -1.45. The Kier molecular flexibility index (Phi) is 27.6. The Morgan fingerprint density at radius 3 is 1.42 bits per heavy atom. The van der Waals surface area contributed by atoms with Crippen LogP contribution in [0.5, 0.6) is 0 Å². The maximum atomic E-state index is 9.53.